The van der Waals surface area contributed by atoms with Gasteiger partial charge in [0.2, 0.25) is 15.9 Å². The Kier molecular flexibility index (Phi) is 6.57. The molecule has 0 saturated carbocycles. The topological polar surface area (TPSA) is 92.5 Å². The summed E-state index contributed by atoms with van der Waals surface area (Å²) in [6, 6.07) is 11.5. The van der Waals surface area contributed by atoms with Gasteiger partial charge in [0.15, 0.2) is 5.58 Å². The van der Waals surface area contributed by atoms with Gasteiger partial charge < -0.3 is 9.73 Å². The van der Waals surface area contributed by atoms with Crippen LogP contribution in [0.1, 0.15) is 26.2 Å². The van der Waals surface area contributed by atoms with Crippen LogP contribution in [0.15, 0.2) is 57.0 Å². The van der Waals surface area contributed by atoms with Crippen molar-refractivity contribution < 1.29 is 17.6 Å². The van der Waals surface area contributed by atoms with E-state index >= 15 is 0 Å². The number of oxazole rings is 1. The lowest BCUT2D eigenvalue weighted by atomic mass is 10.2. The van der Waals surface area contributed by atoms with E-state index < -0.39 is 15.3 Å². The lowest BCUT2D eigenvalue weighted by molar-refractivity contribution is -0.115. The number of thioether (sulfide) groups is 1. The molecule has 1 saturated heterocycles. The van der Waals surface area contributed by atoms with Crippen LogP contribution in [-0.2, 0) is 14.8 Å². The molecule has 164 valence electrons. The number of nitrogens with one attached hydrogen (secondary N) is 1. The Hall–Kier alpha value is -2.07. The molecule has 2 heterocycles. The third kappa shape index (κ3) is 5.06. The van der Waals surface area contributed by atoms with E-state index in [0.717, 1.165) is 19.3 Å². The van der Waals surface area contributed by atoms with Gasteiger partial charge >= 0.3 is 0 Å². The largest absolute Gasteiger partial charge is 0.431 e. The van der Waals surface area contributed by atoms with Gasteiger partial charge in [0.05, 0.1) is 10.1 Å². The Morgan fingerprint density at radius 2 is 1.87 bits per heavy atom. The van der Waals surface area contributed by atoms with E-state index in [9.17, 15) is 13.2 Å². The molecule has 1 aliphatic rings. The first-order valence-electron chi connectivity index (χ1n) is 9.97. The number of fused-ring (bicyclic) bond motifs is 1. The fourth-order valence-electron chi connectivity index (χ4n) is 3.33. The molecule has 1 N–H and O–H groups in total. The molecular formula is C21H22ClN3O4S2. The van der Waals surface area contributed by atoms with Crippen LogP contribution < -0.4 is 5.32 Å². The van der Waals surface area contributed by atoms with Crippen molar-refractivity contribution >= 4 is 56.1 Å². The van der Waals surface area contributed by atoms with Crippen LogP contribution in [0.2, 0.25) is 5.02 Å². The summed E-state index contributed by atoms with van der Waals surface area (Å²) < 4.78 is 33.0. The number of hydrogen-bond acceptors (Lipinski definition) is 6. The highest BCUT2D eigenvalue weighted by atomic mass is 35.5. The van der Waals surface area contributed by atoms with Crippen LogP contribution in [0, 0.1) is 0 Å². The maximum absolute atomic E-state index is 12.9. The summed E-state index contributed by atoms with van der Waals surface area (Å²) in [6.07, 6.45) is 2.81. The van der Waals surface area contributed by atoms with Crippen molar-refractivity contribution in [1.29, 1.82) is 0 Å². The summed E-state index contributed by atoms with van der Waals surface area (Å²) in [5.74, 6) is -0.206. The number of anilines is 1. The molecule has 4 rings (SSSR count). The van der Waals surface area contributed by atoms with Crippen LogP contribution in [0.25, 0.3) is 11.1 Å². The van der Waals surface area contributed by atoms with Gasteiger partial charge in [-0.1, -0.05) is 29.8 Å². The summed E-state index contributed by atoms with van der Waals surface area (Å²) in [5, 5.41) is 3.24. The fraction of sp³-hybridized carbons (Fsp3) is 0.333. The van der Waals surface area contributed by atoms with Gasteiger partial charge in [-0.25, -0.2) is 13.4 Å². The number of carbonyl (C=O) groups is 1. The Labute approximate surface area is 190 Å². The molecule has 0 spiro atoms. The summed E-state index contributed by atoms with van der Waals surface area (Å²) in [4.78, 5) is 17.1. The quantitative estimate of drug-likeness (QED) is 0.511. The molecule has 2 aromatic carbocycles. The van der Waals surface area contributed by atoms with E-state index in [0.29, 0.717) is 40.1 Å². The van der Waals surface area contributed by atoms with Gasteiger partial charge in [-0.2, -0.15) is 4.31 Å². The first kappa shape index (κ1) is 22.1. The normalized spacial score (nSPS) is 16.3. The van der Waals surface area contributed by atoms with E-state index in [4.69, 9.17) is 16.0 Å². The van der Waals surface area contributed by atoms with E-state index in [2.05, 4.69) is 10.3 Å². The van der Waals surface area contributed by atoms with E-state index in [1.165, 1.54) is 22.1 Å². The van der Waals surface area contributed by atoms with Gasteiger partial charge in [-0.3, -0.25) is 4.79 Å². The zero-order chi connectivity index (χ0) is 22.0. The van der Waals surface area contributed by atoms with Crippen molar-refractivity contribution in [2.24, 2.45) is 0 Å². The number of nitrogens with zero attached hydrogens (tertiary/aromatic N) is 2. The number of hydrogen-bond donors (Lipinski definition) is 1. The molecule has 10 heteroatoms. The summed E-state index contributed by atoms with van der Waals surface area (Å²) in [7, 11) is -3.55. The molecule has 0 aliphatic carbocycles. The summed E-state index contributed by atoms with van der Waals surface area (Å²) in [6.45, 7) is 2.83. The molecule has 3 aromatic rings. The molecule has 1 aliphatic heterocycles. The molecule has 1 fully saturated rings. The predicted molar refractivity (Wildman–Crippen MR) is 122 cm³/mol. The summed E-state index contributed by atoms with van der Waals surface area (Å²) in [5.41, 5.74) is 1.57. The second-order valence-electron chi connectivity index (χ2n) is 7.33. The first-order valence-corrected chi connectivity index (χ1v) is 12.7. The Balaban J connectivity index is 1.47. The first-order chi connectivity index (χ1) is 14.8. The zero-order valence-electron chi connectivity index (χ0n) is 16.9. The Morgan fingerprint density at radius 3 is 2.58 bits per heavy atom. The number of piperidine rings is 1. The third-order valence-electron chi connectivity index (χ3n) is 5.05. The molecule has 1 aromatic heterocycles. The van der Waals surface area contributed by atoms with Crippen molar-refractivity contribution in [1.82, 2.24) is 9.29 Å². The SMILES string of the molecule is CC(Sc1nc2cc(S(=O)(=O)N3CCCCC3)ccc2o1)C(=O)Nc1ccc(Cl)cc1. The summed E-state index contributed by atoms with van der Waals surface area (Å²) >= 11 is 7.03. The Bertz CT molecular complexity index is 1190. The second-order valence-corrected chi connectivity index (χ2v) is 11.0. The third-order valence-corrected chi connectivity index (χ3v) is 8.14. The van der Waals surface area contributed by atoms with Crippen LogP contribution in [-0.4, -0.2) is 42.0 Å². The molecule has 1 unspecified atom stereocenters. The average molecular weight is 480 g/mol. The minimum atomic E-state index is -3.55. The highest BCUT2D eigenvalue weighted by molar-refractivity contribution is 8.00. The number of rotatable bonds is 6. The van der Waals surface area contributed by atoms with Gasteiger partial charge in [-0.15, -0.1) is 0 Å². The van der Waals surface area contributed by atoms with Crippen molar-refractivity contribution in [2.75, 3.05) is 18.4 Å². The Morgan fingerprint density at radius 1 is 1.16 bits per heavy atom. The molecule has 0 bridgehead atoms. The van der Waals surface area contributed by atoms with Crippen molar-refractivity contribution in [2.45, 2.75) is 41.6 Å². The van der Waals surface area contributed by atoms with Gasteiger partial charge in [0.1, 0.15) is 5.52 Å². The number of amides is 1. The van der Waals surface area contributed by atoms with Crippen molar-refractivity contribution in [3.63, 3.8) is 0 Å². The highest BCUT2D eigenvalue weighted by Gasteiger charge is 2.27. The van der Waals surface area contributed by atoms with Crippen LogP contribution in [0.5, 0.6) is 0 Å². The molecule has 31 heavy (non-hydrogen) atoms. The van der Waals surface area contributed by atoms with E-state index in [1.807, 2.05) is 0 Å². The van der Waals surface area contributed by atoms with Gasteiger partial charge in [-0.05, 0) is 62.2 Å². The van der Waals surface area contributed by atoms with Crippen LogP contribution in [0.3, 0.4) is 0 Å². The monoisotopic (exact) mass is 479 g/mol. The molecule has 7 nitrogen and oxygen atoms in total. The maximum atomic E-state index is 12.9. The standard InChI is InChI=1S/C21H22ClN3O4S2/c1-14(20(26)23-16-7-5-15(22)6-8-16)30-21-24-18-13-17(9-10-19(18)29-21)31(27,28)25-11-3-2-4-12-25/h5-10,13-14H,2-4,11-12H2,1H3,(H,23,26). The predicted octanol–water partition coefficient (Wildman–Crippen LogP) is 4.78. The van der Waals surface area contributed by atoms with Crippen LogP contribution >= 0.6 is 23.4 Å². The van der Waals surface area contributed by atoms with Gasteiger partial charge in [0, 0.05) is 23.8 Å². The lowest BCUT2D eigenvalue weighted by Crippen LogP contribution is -2.35. The smallest absolute Gasteiger partial charge is 0.257 e. The highest BCUT2D eigenvalue weighted by Crippen LogP contribution is 2.30. The fourth-order valence-corrected chi connectivity index (χ4v) is 5.75. The zero-order valence-corrected chi connectivity index (χ0v) is 19.3. The molecular weight excluding hydrogens is 458 g/mol. The van der Waals surface area contributed by atoms with Crippen molar-refractivity contribution in [3.8, 4) is 0 Å². The van der Waals surface area contributed by atoms with Crippen LogP contribution in [0.4, 0.5) is 5.69 Å². The lowest BCUT2D eigenvalue weighted by Gasteiger charge is -2.25. The van der Waals surface area contributed by atoms with Gasteiger partial charge in [0.25, 0.3) is 5.22 Å². The molecule has 1 atom stereocenters. The van der Waals surface area contributed by atoms with Crippen molar-refractivity contribution in [3.05, 3.63) is 47.5 Å². The molecule has 1 amide bonds. The van der Waals surface area contributed by atoms with E-state index in [-0.39, 0.29) is 10.8 Å². The average Bonchev–Trinajstić information content (AvgIpc) is 3.17. The second kappa shape index (κ2) is 9.20. The minimum Gasteiger partial charge on any atom is -0.431 e. The number of halogens is 1. The van der Waals surface area contributed by atoms with E-state index in [1.54, 1.807) is 43.3 Å². The maximum Gasteiger partial charge on any atom is 0.257 e. The number of benzene rings is 2. The minimum absolute atomic E-state index is 0.206. The number of sulfonamides is 1. The number of aromatic nitrogens is 1. The number of carbonyl (C=O) groups excluding carboxylic acids is 1. The molecule has 0 radical (unpaired) electrons.